The van der Waals surface area contributed by atoms with Crippen LogP contribution in [0.2, 0.25) is 0 Å². The zero-order valence-corrected chi connectivity index (χ0v) is 16.0. The molecule has 1 aromatic heterocycles. The van der Waals surface area contributed by atoms with Crippen LogP contribution in [0.15, 0.2) is 42.5 Å². The lowest BCUT2D eigenvalue weighted by Crippen LogP contribution is -2.10. The Hall–Kier alpha value is -2.59. The van der Waals surface area contributed by atoms with Crippen LogP contribution in [0.5, 0.6) is 5.75 Å². The Morgan fingerprint density at radius 3 is 2.46 bits per heavy atom. The second-order valence-electron chi connectivity index (χ2n) is 6.82. The highest BCUT2D eigenvalue weighted by Gasteiger charge is 2.22. The summed E-state index contributed by atoms with van der Waals surface area (Å²) in [5.41, 5.74) is 6.92. The summed E-state index contributed by atoms with van der Waals surface area (Å²) < 4.78 is 5.34. The van der Waals surface area contributed by atoms with Crippen molar-refractivity contribution in [1.82, 2.24) is 0 Å². The lowest BCUT2D eigenvalue weighted by Gasteiger charge is -2.16. The molecule has 0 aliphatic heterocycles. The number of amides is 1. The minimum absolute atomic E-state index is 0.0375. The second-order valence-corrected chi connectivity index (χ2v) is 7.87. The summed E-state index contributed by atoms with van der Waals surface area (Å²) in [6.45, 7) is 4.08. The molecular weight excluding hydrogens is 342 g/mol. The Morgan fingerprint density at radius 2 is 1.73 bits per heavy atom. The molecule has 1 aliphatic rings. The number of hydrogen-bond donors (Lipinski definition) is 1. The molecule has 0 saturated carbocycles. The van der Waals surface area contributed by atoms with Gasteiger partial charge < -0.3 is 10.1 Å². The molecule has 0 saturated heterocycles. The number of rotatable bonds is 3. The molecule has 3 aromatic rings. The summed E-state index contributed by atoms with van der Waals surface area (Å²) in [7, 11) is 1.69. The molecule has 0 atom stereocenters. The van der Waals surface area contributed by atoms with Crippen molar-refractivity contribution in [3.63, 3.8) is 0 Å². The molecule has 1 aliphatic carbocycles. The first-order valence-corrected chi connectivity index (χ1v) is 9.55. The Kier molecular flexibility index (Phi) is 4.29. The number of ether oxygens (including phenoxy) is 1. The Balaban J connectivity index is 1.63. The van der Waals surface area contributed by atoms with Gasteiger partial charge in [-0.2, -0.15) is 0 Å². The molecule has 0 radical (unpaired) electrons. The number of carbonyl (C=O) groups is 1. The summed E-state index contributed by atoms with van der Waals surface area (Å²) in [6, 6.07) is 14.3. The Bertz CT molecular complexity index is 983. The average molecular weight is 363 g/mol. The Morgan fingerprint density at radius 1 is 1.00 bits per heavy atom. The fourth-order valence-corrected chi connectivity index (χ4v) is 4.75. The van der Waals surface area contributed by atoms with Crippen LogP contribution < -0.4 is 10.1 Å². The Labute approximate surface area is 157 Å². The third kappa shape index (κ3) is 3.13. The molecule has 1 N–H and O–H groups in total. The number of anilines is 1. The fourth-order valence-electron chi connectivity index (χ4n) is 3.59. The number of methoxy groups -OCH3 is 1. The molecule has 0 fully saturated rings. The van der Waals surface area contributed by atoms with Crippen molar-refractivity contribution in [2.45, 2.75) is 26.7 Å². The number of carbonyl (C=O) groups excluding carboxylic acids is 1. The van der Waals surface area contributed by atoms with E-state index < -0.39 is 0 Å². The van der Waals surface area contributed by atoms with Crippen molar-refractivity contribution in [2.24, 2.45) is 0 Å². The quantitative estimate of drug-likeness (QED) is 0.677. The standard InChI is InChI=1S/C22H21NO2S/c1-13-8-14(2)10-17(9-13)23-22(24)20-12-16-5-4-15-11-18(25-3)6-7-19(15)21(16)26-20/h6-12H,4-5H2,1-3H3,(H,23,24). The van der Waals surface area contributed by atoms with Gasteiger partial charge in [0.2, 0.25) is 0 Å². The van der Waals surface area contributed by atoms with E-state index in [9.17, 15) is 4.79 Å². The minimum Gasteiger partial charge on any atom is -0.497 e. The molecule has 0 unspecified atom stereocenters. The third-order valence-corrected chi connectivity index (χ3v) is 5.94. The molecule has 3 nitrogen and oxygen atoms in total. The molecular formula is C22H21NO2S. The highest BCUT2D eigenvalue weighted by Crippen LogP contribution is 2.41. The zero-order valence-electron chi connectivity index (χ0n) is 15.2. The maximum absolute atomic E-state index is 12.7. The SMILES string of the molecule is COc1ccc2c(c1)CCc1cc(C(=O)Nc3cc(C)cc(C)c3)sc1-2. The van der Waals surface area contributed by atoms with E-state index >= 15 is 0 Å². The van der Waals surface area contributed by atoms with Crippen molar-refractivity contribution in [2.75, 3.05) is 12.4 Å². The summed E-state index contributed by atoms with van der Waals surface area (Å²) in [5, 5.41) is 3.04. The predicted octanol–water partition coefficient (Wildman–Crippen LogP) is 5.39. The molecule has 132 valence electrons. The molecule has 4 rings (SSSR count). The van der Waals surface area contributed by atoms with Crippen LogP contribution in [0.3, 0.4) is 0 Å². The summed E-state index contributed by atoms with van der Waals surface area (Å²) in [4.78, 5) is 14.7. The topological polar surface area (TPSA) is 38.3 Å². The lowest BCUT2D eigenvalue weighted by molar-refractivity contribution is 0.103. The monoisotopic (exact) mass is 363 g/mol. The second kappa shape index (κ2) is 6.61. The van der Waals surface area contributed by atoms with Crippen LogP contribution in [0, 0.1) is 13.8 Å². The first-order chi connectivity index (χ1) is 12.5. The van der Waals surface area contributed by atoms with E-state index in [1.54, 1.807) is 18.4 Å². The molecule has 2 aromatic carbocycles. The van der Waals surface area contributed by atoms with E-state index in [4.69, 9.17) is 4.74 Å². The molecule has 26 heavy (non-hydrogen) atoms. The predicted molar refractivity (Wildman–Crippen MR) is 108 cm³/mol. The van der Waals surface area contributed by atoms with Gasteiger partial charge in [-0.05, 0) is 90.9 Å². The molecule has 4 heteroatoms. The highest BCUT2D eigenvalue weighted by molar-refractivity contribution is 7.17. The van der Waals surface area contributed by atoms with Crippen molar-refractivity contribution in [3.05, 3.63) is 69.6 Å². The van der Waals surface area contributed by atoms with E-state index in [1.807, 2.05) is 38.1 Å². The summed E-state index contributed by atoms with van der Waals surface area (Å²) in [6.07, 6.45) is 1.94. The molecule has 1 heterocycles. The van der Waals surface area contributed by atoms with Gasteiger partial charge in [0.1, 0.15) is 5.75 Å². The van der Waals surface area contributed by atoms with E-state index in [0.717, 1.165) is 40.3 Å². The fraction of sp³-hybridized carbons (Fsp3) is 0.227. The average Bonchev–Trinajstić information content (AvgIpc) is 3.05. The van der Waals surface area contributed by atoms with Gasteiger partial charge in [-0.25, -0.2) is 0 Å². The number of nitrogens with one attached hydrogen (secondary N) is 1. The molecule has 0 spiro atoms. The van der Waals surface area contributed by atoms with Gasteiger partial charge in [-0.1, -0.05) is 6.07 Å². The van der Waals surface area contributed by atoms with Crippen LogP contribution in [-0.4, -0.2) is 13.0 Å². The van der Waals surface area contributed by atoms with Gasteiger partial charge in [-0.15, -0.1) is 11.3 Å². The normalized spacial score (nSPS) is 12.3. The minimum atomic E-state index is -0.0375. The van der Waals surface area contributed by atoms with E-state index in [-0.39, 0.29) is 5.91 Å². The first kappa shape index (κ1) is 16.9. The first-order valence-electron chi connectivity index (χ1n) is 8.73. The number of hydrogen-bond acceptors (Lipinski definition) is 3. The van der Waals surface area contributed by atoms with Crippen molar-refractivity contribution in [1.29, 1.82) is 0 Å². The summed E-state index contributed by atoms with van der Waals surface area (Å²) >= 11 is 1.57. The molecule has 0 bridgehead atoms. The zero-order chi connectivity index (χ0) is 18.3. The largest absolute Gasteiger partial charge is 0.497 e. The van der Waals surface area contributed by atoms with E-state index in [0.29, 0.717) is 0 Å². The van der Waals surface area contributed by atoms with Crippen LogP contribution in [-0.2, 0) is 12.8 Å². The van der Waals surface area contributed by atoms with Gasteiger partial charge in [0.15, 0.2) is 0 Å². The van der Waals surface area contributed by atoms with Crippen LogP contribution in [0.1, 0.15) is 31.9 Å². The van der Waals surface area contributed by atoms with Crippen molar-refractivity contribution < 1.29 is 9.53 Å². The van der Waals surface area contributed by atoms with Crippen LogP contribution >= 0.6 is 11.3 Å². The third-order valence-electron chi connectivity index (χ3n) is 4.73. The van der Waals surface area contributed by atoms with E-state index in [2.05, 4.69) is 23.5 Å². The van der Waals surface area contributed by atoms with Gasteiger partial charge >= 0.3 is 0 Å². The lowest BCUT2D eigenvalue weighted by atomic mass is 9.91. The van der Waals surface area contributed by atoms with Gasteiger partial charge in [0.25, 0.3) is 5.91 Å². The van der Waals surface area contributed by atoms with Crippen molar-refractivity contribution >= 4 is 22.9 Å². The van der Waals surface area contributed by atoms with Crippen molar-refractivity contribution in [3.8, 4) is 16.2 Å². The highest BCUT2D eigenvalue weighted by atomic mass is 32.1. The van der Waals surface area contributed by atoms with Gasteiger partial charge in [-0.3, -0.25) is 4.79 Å². The summed E-state index contributed by atoms with van der Waals surface area (Å²) in [5.74, 6) is 0.848. The van der Waals surface area contributed by atoms with Crippen LogP contribution in [0.25, 0.3) is 10.4 Å². The number of thiophene rings is 1. The number of fused-ring (bicyclic) bond motifs is 3. The maximum atomic E-state index is 12.7. The van der Waals surface area contributed by atoms with Gasteiger partial charge in [0, 0.05) is 10.6 Å². The van der Waals surface area contributed by atoms with Crippen LogP contribution in [0.4, 0.5) is 5.69 Å². The number of benzene rings is 2. The van der Waals surface area contributed by atoms with E-state index in [1.165, 1.54) is 21.6 Å². The number of aryl methyl sites for hydroxylation is 4. The smallest absolute Gasteiger partial charge is 0.265 e. The van der Waals surface area contributed by atoms with Gasteiger partial charge in [0.05, 0.1) is 12.0 Å². The maximum Gasteiger partial charge on any atom is 0.265 e. The molecule has 1 amide bonds.